The number of hydrogen-bond acceptors (Lipinski definition) is 5. The van der Waals surface area contributed by atoms with Crippen LogP contribution in [0.25, 0.3) is 0 Å². The molecule has 5 nitrogen and oxygen atoms in total. The maximum Gasteiger partial charge on any atom is 0.332 e. The average molecular weight is 260 g/mol. The zero-order chi connectivity index (χ0) is 13.8. The van der Waals surface area contributed by atoms with Gasteiger partial charge in [0.15, 0.2) is 0 Å². The predicted octanol–water partition coefficient (Wildman–Crippen LogP) is 1.94. The van der Waals surface area contributed by atoms with Gasteiger partial charge in [0.1, 0.15) is 13.2 Å². The Hall–Kier alpha value is -1.10. The molecule has 0 atom stereocenters. The molecule has 0 amide bonds. The largest absolute Gasteiger partial charge is 0.464 e. The van der Waals surface area contributed by atoms with Crippen molar-refractivity contribution in [1.82, 2.24) is 0 Å². The molecule has 0 rings (SSSR count). The van der Waals surface area contributed by atoms with Gasteiger partial charge in [0.05, 0.1) is 13.2 Å². The minimum atomic E-state index is -0.456. The molecule has 0 aliphatic carbocycles. The molecule has 106 valence electrons. The summed E-state index contributed by atoms with van der Waals surface area (Å²) >= 11 is 0. The van der Waals surface area contributed by atoms with E-state index >= 15 is 0 Å². The maximum atomic E-state index is 11.2. The van der Waals surface area contributed by atoms with E-state index in [9.17, 15) is 9.59 Å². The van der Waals surface area contributed by atoms with Gasteiger partial charge in [-0.2, -0.15) is 0 Å². The Kier molecular flexibility index (Phi) is 10.3. The zero-order valence-electron chi connectivity index (χ0n) is 11.6. The van der Waals surface area contributed by atoms with E-state index in [0.717, 1.165) is 19.3 Å². The van der Waals surface area contributed by atoms with Gasteiger partial charge in [0.2, 0.25) is 0 Å². The third-order valence-electron chi connectivity index (χ3n) is 2.03. The first-order valence-corrected chi connectivity index (χ1v) is 6.45. The lowest BCUT2D eigenvalue weighted by molar-refractivity contribution is -0.156. The third kappa shape index (κ3) is 11.4. The molecule has 0 N–H and O–H groups in total. The van der Waals surface area contributed by atoms with Crippen LogP contribution in [0.5, 0.6) is 0 Å². The van der Waals surface area contributed by atoms with Crippen LogP contribution in [0.15, 0.2) is 0 Å². The normalized spacial score (nSPS) is 10.4. The van der Waals surface area contributed by atoms with Gasteiger partial charge in [-0.05, 0) is 12.3 Å². The van der Waals surface area contributed by atoms with Crippen LogP contribution in [0.1, 0.15) is 40.0 Å². The van der Waals surface area contributed by atoms with Gasteiger partial charge in [-0.1, -0.05) is 33.6 Å². The van der Waals surface area contributed by atoms with Gasteiger partial charge >= 0.3 is 11.9 Å². The van der Waals surface area contributed by atoms with Crippen molar-refractivity contribution in [2.24, 2.45) is 5.92 Å². The van der Waals surface area contributed by atoms with Gasteiger partial charge in [-0.3, -0.25) is 0 Å². The zero-order valence-corrected chi connectivity index (χ0v) is 11.6. The number of hydrogen-bond donors (Lipinski definition) is 0. The number of esters is 2. The van der Waals surface area contributed by atoms with Gasteiger partial charge in [-0.25, -0.2) is 9.59 Å². The molecule has 0 heterocycles. The van der Waals surface area contributed by atoms with Crippen LogP contribution in [0.2, 0.25) is 0 Å². The van der Waals surface area contributed by atoms with Crippen LogP contribution in [-0.2, 0) is 23.8 Å². The standard InChI is InChI=1S/C13H24O5/c1-4-5-6-7-17-12(14)9-16-10-13(15)18-8-11(2)3/h11H,4-10H2,1-3H3. The van der Waals surface area contributed by atoms with Crippen molar-refractivity contribution in [1.29, 1.82) is 0 Å². The Balaban J connectivity index is 3.41. The fraction of sp³-hybridized carbons (Fsp3) is 0.846. The summed E-state index contributed by atoms with van der Waals surface area (Å²) in [5.41, 5.74) is 0. The summed E-state index contributed by atoms with van der Waals surface area (Å²) in [5, 5.41) is 0. The van der Waals surface area contributed by atoms with Gasteiger partial charge < -0.3 is 14.2 Å². The SMILES string of the molecule is CCCCCOC(=O)COCC(=O)OCC(C)C. The van der Waals surface area contributed by atoms with E-state index in [4.69, 9.17) is 14.2 Å². The van der Waals surface area contributed by atoms with Crippen LogP contribution >= 0.6 is 0 Å². The smallest absolute Gasteiger partial charge is 0.332 e. The van der Waals surface area contributed by atoms with E-state index in [0.29, 0.717) is 13.2 Å². The van der Waals surface area contributed by atoms with Crippen molar-refractivity contribution in [2.75, 3.05) is 26.4 Å². The Morgan fingerprint density at radius 2 is 1.61 bits per heavy atom. The Morgan fingerprint density at radius 1 is 1.00 bits per heavy atom. The molecular weight excluding hydrogens is 236 g/mol. The van der Waals surface area contributed by atoms with Crippen LogP contribution in [-0.4, -0.2) is 38.4 Å². The molecule has 5 heteroatoms. The summed E-state index contributed by atoms with van der Waals surface area (Å²) < 4.78 is 14.7. The molecule has 0 aromatic carbocycles. The Labute approximate surface area is 109 Å². The van der Waals surface area contributed by atoms with Crippen LogP contribution in [0, 0.1) is 5.92 Å². The van der Waals surface area contributed by atoms with Crippen molar-refractivity contribution in [2.45, 2.75) is 40.0 Å². The third-order valence-corrected chi connectivity index (χ3v) is 2.03. The number of carbonyl (C=O) groups excluding carboxylic acids is 2. The Morgan fingerprint density at radius 3 is 2.17 bits per heavy atom. The van der Waals surface area contributed by atoms with E-state index in [1.165, 1.54) is 0 Å². The molecule has 0 unspecified atom stereocenters. The molecule has 0 aliphatic heterocycles. The van der Waals surface area contributed by atoms with Gasteiger partial charge in [0.25, 0.3) is 0 Å². The van der Waals surface area contributed by atoms with Crippen molar-refractivity contribution < 1.29 is 23.8 Å². The van der Waals surface area contributed by atoms with Crippen molar-refractivity contribution >= 4 is 11.9 Å². The molecule has 0 radical (unpaired) electrons. The molecule has 0 fully saturated rings. The second-order valence-electron chi connectivity index (χ2n) is 4.50. The summed E-state index contributed by atoms with van der Waals surface area (Å²) in [7, 11) is 0. The van der Waals surface area contributed by atoms with E-state index < -0.39 is 11.9 Å². The quantitative estimate of drug-likeness (QED) is 0.443. The summed E-state index contributed by atoms with van der Waals surface area (Å²) in [6, 6.07) is 0. The lowest BCUT2D eigenvalue weighted by atomic mass is 10.2. The van der Waals surface area contributed by atoms with Crippen molar-refractivity contribution in [3.8, 4) is 0 Å². The fourth-order valence-electron chi connectivity index (χ4n) is 1.10. The lowest BCUT2D eigenvalue weighted by Gasteiger charge is -2.07. The summed E-state index contributed by atoms with van der Waals surface area (Å²) in [6.45, 7) is 6.33. The molecule has 0 aromatic rings. The number of ether oxygens (including phenoxy) is 3. The van der Waals surface area contributed by atoms with E-state index in [-0.39, 0.29) is 19.1 Å². The number of unbranched alkanes of at least 4 members (excludes halogenated alkanes) is 2. The van der Waals surface area contributed by atoms with Crippen LogP contribution in [0.4, 0.5) is 0 Å². The molecule has 18 heavy (non-hydrogen) atoms. The first kappa shape index (κ1) is 16.9. The summed E-state index contributed by atoms with van der Waals surface area (Å²) in [6.07, 6.45) is 2.98. The maximum absolute atomic E-state index is 11.2. The monoisotopic (exact) mass is 260 g/mol. The van der Waals surface area contributed by atoms with Gasteiger partial charge in [-0.15, -0.1) is 0 Å². The molecule has 0 bridgehead atoms. The van der Waals surface area contributed by atoms with E-state index in [1.54, 1.807) is 0 Å². The minimum Gasteiger partial charge on any atom is -0.464 e. The second kappa shape index (κ2) is 11.0. The molecule has 0 saturated heterocycles. The number of carbonyl (C=O) groups is 2. The Bertz CT molecular complexity index is 238. The van der Waals surface area contributed by atoms with E-state index in [1.807, 2.05) is 13.8 Å². The highest BCUT2D eigenvalue weighted by Gasteiger charge is 2.07. The summed E-state index contributed by atoms with van der Waals surface area (Å²) in [5.74, 6) is -0.609. The number of rotatable bonds is 10. The van der Waals surface area contributed by atoms with E-state index in [2.05, 4.69) is 6.92 Å². The predicted molar refractivity (Wildman–Crippen MR) is 67.1 cm³/mol. The topological polar surface area (TPSA) is 61.8 Å². The lowest BCUT2D eigenvalue weighted by Crippen LogP contribution is -2.20. The molecule has 0 spiro atoms. The highest BCUT2D eigenvalue weighted by molar-refractivity contribution is 5.73. The average Bonchev–Trinajstić information content (AvgIpc) is 2.32. The van der Waals surface area contributed by atoms with Gasteiger partial charge in [0, 0.05) is 0 Å². The van der Waals surface area contributed by atoms with Crippen molar-refractivity contribution in [3.63, 3.8) is 0 Å². The molecule has 0 aliphatic rings. The second-order valence-corrected chi connectivity index (χ2v) is 4.50. The first-order chi connectivity index (χ1) is 8.56. The molecular formula is C13H24O5. The van der Waals surface area contributed by atoms with Crippen LogP contribution in [0.3, 0.4) is 0 Å². The minimum absolute atomic E-state index is 0.205. The first-order valence-electron chi connectivity index (χ1n) is 6.45. The highest BCUT2D eigenvalue weighted by Crippen LogP contribution is 1.95. The molecule has 0 aromatic heterocycles. The highest BCUT2D eigenvalue weighted by atomic mass is 16.6. The van der Waals surface area contributed by atoms with Crippen LogP contribution < -0.4 is 0 Å². The molecule has 0 saturated carbocycles. The summed E-state index contributed by atoms with van der Waals surface area (Å²) in [4.78, 5) is 22.3. The van der Waals surface area contributed by atoms with Crippen molar-refractivity contribution in [3.05, 3.63) is 0 Å². The fourth-order valence-corrected chi connectivity index (χ4v) is 1.10.